The summed E-state index contributed by atoms with van der Waals surface area (Å²) < 4.78 is 1.44. The van der Waals surface area contributed by atoms with Gasteiger partial charge in [-0.1, -0.05) is 35.5 Å². The SMILES string of the molecule is Cc1ccn2c(=O)nc(SCc3cccc(Cl)c3)nc2c1. The first kappa shape index (κ1) is 14.1. The second kappa shape index (κ2) is 5.87. The summed E-state index contributed by atoms with van der Waals surface area (Å²) in [6.45, 7) is 1.96. The smallest absolute Gasteiger partial charge is 0.251 e. The molecule has 4 nitrogen and oxygen atoms in total. The molecular weight excluding hydrogens is 306 g/mol. The first-order valence-corrected chi connectivity index (χ1v) is 7.72. The number of halogens is 1. The average Bonchev–Trinajstić information content (AvgIpc) is 2.45. The van der Waals surface area contributed by atoms with Crippen molar-refractivity contribution in [3.05, 3.63) is 69.2 Å². The molecule has 21 heavy (non-hydrogen) atoms. The third-order valence-corrected chi connectivity index (χ3v) is 4.11. The zero-order valence-electron chi connectivity index (χ0n) is 11.3. The molecule has 3 rings (SSSR count). The van der Waals surface area contributed by atoms with E-state index in [1.165, 1.54) is 16.2 Å². The molecule has 106 valence electrons. The van der Waals surface area contributed by atoms with Gasteiger partial charge in [-0.05, 0) is 42.3 Å². The summed E-state index contributed by atoms with van der Waals surface area (Å²) >= 11 is 7.38. The van der Waals surface area contributed by atoms with Gasteiger partial charge in [0.05, 0.1) is 0 Å². The monoisotopic (exact) mass is 317 g/mol. The van der Waals surface area contributed by atoms with Crippen LogP contribution in [0, 0.1) is 6.92 Å². The Morgan fingerprint density at radius 1 is 1.24 bits per heavy atom. The fourth-order valence-corrected chi connectivity index (χ4v) is 2.92. The number of aromatic nitrogens is 3. The van der Waals surface area contributed by atoms with E-state index in [4.69, 9.17) is 11.6 Å². The molecule has 6 heteroatoms. The van der Waals surface area contributed by atoms with Gasteiger partial charge in [0, 0.05) is 17.0 Å². The lowest BCUT2D eigenvalue weighted by Gasteiger charge is -2.04. The van der Waals surface area contributed by atoms with Gasteiger partial charge in [-0.15, -0.1) is 0 Å². The number of aryl methyl sites for hydroxylation is 1. The molecule has 0 saturated heterocycles. The Bertz CT molecular complexity index is 863. The Kier molecular flexibility index (Phi) is 3.94. The number of pyridine rings is 1. The number of benzene rings is 1. The maximum atomic E-state index is 12.0. The third kappa shape index (κ3) is 3.25. The summed E-state index contributed by atoms with van der Waals surface area (Å²) in [6.07, 6.45) is 1.69. The van der Waals surface area contributed by atoms with Crippen molar-refractivity contribution in [1.82, 2.24) is 14.4 Å². The highest BCUT2D eigenvalue weighted by Crippen LogP contribution is 2.20. The van der Waals surface area contributed by atoms with Gasteiger partial charge in [0.15, 0.2) is 5.16 Å². The van der Waals surface area contributed by atoms with Crippen molar-refractivity contribution in [2.24, 2.45) is 0 Å². The second-order valence-electron chi connectivity index (χ2n) is 4.64. The highest BCUT2D eigenvalue weighted by molar-refractivity contribution is 7.98. The van der Waals surface area contributed by atoms with E-state index in [0.717, 1.165) is 11.1 Å². The van der Waals surface area contributed by atoms with Gasteiger partial charge in [-0.3, -0.25) is 4.40 Å². The molecule has 0 aliphatic heterocycles. The van der Waals surface area contributed by atoms with Crippen LogP contribution in [0.4, 0.5) is 0 Å². The standard InChI is InChI=1S/C15H12ClN3OS/c1-10-5-6-19-13(7-10)17-14(18-15(19)20)21-9-11-3-2-4-12(16)8-11/h2-8H,9H2,1H3. The number of hydrogen-bond acceptors (Lipinski definition) is 4. The van der Waals surface area contributed by atoms with Gasteiger partial charge in [0.25, 0.3) is 0 Å². The van der Waals surface area contributed by atoms with Gasteiger partial charge in [0.2, 0.25) is 0 Å². The molecule has 0 unspecified atom stereocenters. The molecule has 0 radical (unpaired) electrons. The van der Waals surface area contributed by atoms with Crippen LogP contribution in [-0.4, -0.2) is 14.4 Å². The molecule has 0 saturated carbocycles. The molecule has 3 aromatic rings. The van der Waals surface area contributed by atoms with E-state index in [2.05, 4.69) is 9.97 Å². The molecule has 0 atom stereocenters. The van der Waals surface area contributed by atoms with Crippen LogP contribution < -0.4 is 5.69 Å². The highest BCUT2D eigenvalue weighted by Gasteiger charge is 2.05. The van der Waals surface area contributed by atoms with Crippen molar-refractivity contribution >= 4 is 29.0 Å². The van der Waals surface area contributed by atoms with Crippen LogP contribution >= 0.6 is 23.4 Å². The second-order valence-corrected chi connectivity index (χ2v) is 6.02. The zero-order chi connectivity index (χ0) is 14.8. The number of thioether (sulfide) groups is 1. The number of fused-ring (bicyclic) bond motifs is 1. The molecule has 0 aliphatic rings. The normalized spacial score (nSPS) is 11.0. The van der Waals surface area contributed by atoms with Crippen LogP contribution in [0.2, 0.25) is 5.02 Å². The lowest BCUT2D eigenvalue weighted by Crippen LogP contribution is -2.19. The highest BCUT2D eigenvalue weighted by atomic mass is 35.5. The quantitative estimate of drug-likeness (QED) is 0.695. The molecule has 0 spiro atoms. The maximum Gasteiger partial charge on any atom is 0.355 e. The molecule has 0 aliphatic carbocycles. The first-order valence-electron chi connectivity index (χ1n) is 6.36. The van der Waals surface area contributed by atoms with E-state index in [0.29, 0.717) is 21.6 Å². The summed E-state index contributed by atoms with van der Waals surface area (Å²) in [7, 11) is 0. The van der Waals surface area contributed by atoms with Crippen LogP contribution in [0.25, 0.3) is 5.65 Å². The fraction of sp³-hybridized carbons (Fsp3) is 0.133. The molecule has 0 fully saturated rings. The largest absolute Gasteiger partial charge is 0.355 e. The van der Waals surface area contributed by atoms with Gasteiger partial charge in [0.1, 0.15) is 5.65 Å². The molecular formula is C15H12ClN3OS. The van der Waals surface area contributed by atoms with Crippen molar-refractivity contribution < 1.29 is 0 Å². The Labute approximate surface area is 130 Å². The molecule has 0 amide bonds. The van der Waals surface area contributed by atoms with E-state index >= 15 is 0 Å². The fourth-order valence-electron chi connectivity index (χ4n) is 1.94. The van der Waals surface area contributed by atoms with E-state index in [1.54, 1.807) is 6.20 Å². The number of hydrogen-bond donors (Lipinski definition) is 0. The van der Waals surface area contributed by atoms with Crippen LogP contribution in [0.5, 0.6) is 0 Å². The summed E-state index contributed by atoms with van der Waals surface area (Å²) in [6, 6.07) is 11.3. The minimum absolute atomic E-state index is 0.311. The Hall–Kier alpha value is -1.85. The lowest BCUT2D eigenvalue weighted by molar-refractivity contribution is 0.845. The lowest BCUT2D eigenvalue weighted by atomic mass is 10.2. The summed E-state index contributed by atoms with van der Waals surface area (Å²) in [5, 5.41) is 1.17. The average molecular weight is 318 g/mol. The summed E-state index contributed by atoms with van der Waals surface area (Å²) in [5.74, 6) is 0.669. The van der Waals surface area contributed by atoms with Gasteiger partial charge in [-0.25, -0.2) is 9.78 Å². The maximum absolute atomic E-state index is 12.0. The van der Waals surface area contributed by atoms with Gasteiger partial charge < -0.3 is 0 Å². The van der Waals surface area contributed by atoms with E-state index in [9.17, 15) is 4.79 Å². The molecule has 2 aromatic heterocycles. The van der Waals surface area contributed by atoms with Crippen LogP contribution in [-0.2, 0) is 5.75 Å². The predicted octanol–water partition coefficient (Wildman–Crippen LogP) is 3.34. The summed E-state index contributed by atoms with van der Waals surface area (Å²) in [5.41, 5.74) is 2.43. The minimum Gasteiger partial charge on any atom is -0.251 e. The number of nitrogens with zero attached hydrogens (tertiary/aromatic N) is 3. The molecule has 0 N–H and O–H groups in total. The Morgan fingerprint density at radius 3 is 2.90 bits per heavy atom. The van der Waals surface area contributed by atoms with E-state index < -0.39 is 0 Å². The van der Waals surface area contributed by atoms with Crippen LogP contribution in [0.15, 0.2) is 52.5 Å². The summed E-state index contributed by atoms with van der Waals surface area (Å²) in [4.78, 5) is 20.4. The van der Waals surface area contributed by atoms with Crippen molar-refractivity contribution in [1.29, 1.82) is 0 Å². The van der Waals surface area contributed by atoms with Crippen molar-refractivity contribution in [2.45, 2.75) is 17.8 Å². The molecule has 1 aromatic carbocycles. The number of rotatable bonds is 3. The van der Waals surface area contributed by atoms with Gasteiger partial charge >= 0.3 is 5.69 Å². The van der Waals surface area contributed by atoms with Crippen molar-refractivity contribution in [3.63, 3.8) is 0 Å². The Balaban J connectivity index is 1.89. The third-order valence-electron chi connectivity index (χ3n) is 2.95. The van der Waals surface area contributed by atoms with Crippen LogP contribution in [0.3, 0.4) is 0 Å². The van der Waals surface area contributed by atoms with Crippen molar-refractivity contribution in [2.75, 3.05) is 0 Å². The first-order chi connectivity index (χ1) is 10.1. The minimum atomic E-state index is -0.311. The van der Waals surface area contributed by atoms with Crippen LogP contribution in [0.1, 0.15) is 11.1 Å². The predicted molar refractivity (Wildman–Crippen MR) is 85.0 cm³/mol. The van der Waals surface area contributed by atoms with Crippen molar-refractivity contribution in [3.8, 4) is 0 Å². The zero-order valence-corrected chi connectivity index (χ0v) is 12.9. The van der Waals surface area contributed by atoms with Gasteiger partial charge in [-0.2, -0.15) is 4.98 Å². The Morgan fingerprint density at radius 2 is 2.10 bits per heavy atom. The molecule has 0 bridgehead atoms. The topological polar surface area (TPSA) is 47.3 Å². The molecule has 2 heterocycles. The van der Waals surface area contributed by atoms with E-state index in [-0.39, 0.29) is 5.69 Å². The van der Waals surface area contributed by atoms with E-state index in [1.807, 2.05) is 43.3 Å².